The van der Waals surface area contributed by atoms with Crippen molar-refractivity contribution in [3.8, 4) is 0 Å². The molecule has 0 bridgehead atoms. The maximum absolute atomic E-state index is 13.1. The quantitative estimate of drug-likeness (QED) is 0.827. The predicted octanol–water partition coefficient (Wildman–Crippen LogP) is 4.02. The van der Waals surface area contributed by atoms with Crippen molar-refractivity contribution in [2.45, 2.75) is 20.8 Å². The largest absolute Gasteiger partial charge is 0.361 e. The third-order valence-corrected chi connectivity index (χ3v) is 2.45. The Kier molecular flexibility index (Phi) is 4.29. The van der Waals surface area contributed by atoms with Crippen molar-refractivity contribution >= 4 is 23.1 Å². The van der Waals surface area contributed by atoms with Crippen molar-refractivity contribution in [2.75, 3.05) is 5.32 Å². The van der Waals surface area contributed by atoms with Gasteiger partial charge in [-0.2, -0.15) is 0 Å². The maximum atomic E-state index is 13.1. The first-order valence-corrected chi connectivity index (χ1v) is 5.61. The number of allylic oxidation sites excluding steroid dienone is 1. The molecule has 0 aliphatic heterocycles. The molecule has 92 valence electrons. The number of rotatable bonds is 3. The Morgan fingerprint density at radius 2 is 2.06 bits per heavy atom. The van der Waals surface area contributed by atoms with Crippen molar-refractivity contribution in [2.24, 2.45) is 5.41 Å². The predicted molar refractivity (Wildman–Crippen MR) is 68.6 cm³/mol. The standard InChI is InChI=1S/C13H15ClFNO/c1-13(2,3)12(17)6-7-16-9-4-5-10(14)11(15)8-9/h4-8,16H,1-3H3/b7-6+. The van der Waals surface area contributed by atoms with E-state index < -0.39 is 11.2 Å². The molecule has 0 amide bonds. The Morgan fingerprint density at radius 3 is 2.59 bits per heavy atom. The summed E-state index contributed by atoms with van der Waals surface area (Å²) in [6.07, 6.45) is 2.93. The molecule has 0 spiro atoms. The molecule has 1 aromatic rings. The first-order chi connectivity index (χ1) is 7.80. The summed E-state index contributed by atoms with van der Waals surface area (Å²) in [4.78, 5) is 11.6. The molecule has 0 aromatic heterocycles. The van der Waals surface area contributed by atoms with E-state index in [1.165, 1.54) is 24.4 Å². The molecule has 0 unspecified atom stereocenters. The minimum atomic E-state index is -0.493. The number of halogens is 2. The number of benzene rings is 1. The summed E-state index contributed by atoms with van der Waals surface area (Å²) in [5.41, 5.74) is 0.133. The zero-order chi connectivity index (χ0) is 13.1. The van der Waals surface area contributed by atoms with Gasteiger partial charge in [-0.1, -0.05) is 32.4 Å². The van der Waals surface area contributed by atoms with Crippen LogP contribution in [0.3, 0.4) is 0 Å². The fourth-order valence-electron chi connectivity index (χ4n) is 1.05. The van der Waals surface area contributed by atoms with E-state index in [1.807, 2.05) is 20.8 Å². The van der Waals surface area contributed by atoms with E-state index in [0.717, 1.165) is 0 Å². The Hall–Kier alpha value is -1.35. The summed E-state index contributed by atoms with van der Waals surface area (Å²) >= 11 is 5.55. The third-order valence-electron chi connectivity index (χ3n) is 2.14. The second-order valence-electron chi connectivity index (χ2n) is 4.72. The fourth-order valence-corrected chi connectivity index (χ4v) is 1.17. The van der Waals surface area contributed by atoms with Crippen LogP contribution in [0.1, 0.15) is 20.8 Å². The average molecular weight is 256 g/mol. The number of nitrogens with one attached hydrogen (secondary N) is 1. The highest BCUT2D eigenvalue weighted by atomic mass is 35.5. The molecule has 0 atom stereocenters. The normalized spacial score (nSPS) is 11.8. The third kappa shape index (κ3) is 4.19. The Labute approximate surface area is 105 Å². The molecule has 0 saturated carbocycles. The summed E-state index contributed by atoms with van der Waals surface area (Å²) in [7, 11) is 0. The van der Waals surface area contributed by atoms with Crippen LogP contribution < -0.4 is 5.32 Å². The van der Waals surface area contributed by atoms with Crippen LogP contribution in [0.5, 0.6) is 0 Å². The molecule has 0 heterocycles. The average Bonchev–Trinajstić information content (AvgIpc) is 2.22. The van der Waals surface area contributed by atoms with E-state index >= 15 is 0 Å². The number of ketones is 1. The molecule has 1 aromatic carbocycles. The lowest BCUT2D eigenvalue weighted by Gasteiger charge is -2.13. The van der Waals surface area contributed by atoms with E-state index in [1.54, 1.807) is 6.07 Å². The topological polar surface area (TPSA) is 29.1 Å². The van der Waals surface area contributed by atoms with E-state index in [2.05, 4.69) is 5.32 Å². The summed E-state index contributed by atoms with van der Waals surface area (Å²) in [6, 6.07) is 4.37. The second-order valence-corrected chi connectivity index (χ2v) is 5.13. The van der Waals surface area contributed by atoms with Crippen LogP contribution in [0.4, 0.5) is 10.1 Å². The van der Waals surface area contributed by atoms with Gasteiger partial charge in [0, 0.05) is 17.3 Å². The SMILES string of the molecule is CC(C)(C)C(=O)/C=C/Nc1ccc(Cl)c(F)c1. The number of carbonyl (C=O) groups excluding carboxylic acids is 1. The molecule has 0 fully saturated rings. The van der Waals surface area contributed by atoms with E-state index in [0.29, 0.717) is 5.69 Å². The summed E-state index contributed by atoms with van der Waals surface area (Å²) in [5.74, 6) is -0.494. The molecule has 2 nitrogen and oxygen atoms in total. The molecule has 0 saturated heterocycles. The van der Waals surface area contributed by atoms with Crippen molar-refractivity contribution in [3.05, 3.63) is 41.3 Å². The van der Waals surface area contributed by atoms with Crippen LogP contribution in [-0.4, -0.2) is 5.78 Å². The van der Waals surface area contributed by atoms with Crippen molar-refractivity contribution in [1.29, 1.82) is 0 Å². The number of hydrogen-bond donors (Lipinski definition) is 1. The van der Waals surface area contributed by atoms with Gasteiger partial charge in [0.15, 0.2) is 5.78 Å². The molecule has 4 heteroatoms. The molecule has 0 radical (unpaired) electrons. The molecular weight excluding hydrogens is 241 g/mol. The number of carbonyl (C=O) groups is 1. The van der Waals surface area contributed by atoms with Gasteiger partial charge in [0.2, 0.25) is 0 Å². The molecular formula is C13H15ClFNO. The highest BCUT2D eigenvalue weighted by molar-refractivity contribution is 6.30. The number of hydrogen-bond acceptors (Lipinski definition) is 2. The van der Waals surface area contributed by atoms with Gasteiger partial charge in [-0.15, -0.1) is 0 Å². The van der Waals surface area contributed by atoms with Crippen LogP contribution in [0.15, 0.2) is 30.5 Å². The summed E-state index contributed by atoms with van der Waals surface area (Å²) < 4.78 is 13.1. The highest BCUT2D eigenvalue weighted by Crippen LogP contribution is 2.19. The first kappa shape index (κ1) is 13.7. The second kappa shape index (κ2) is 5.32. The van der Waals surface area contributed by atoms with Gasteiger partial charge in [0.1, 0.15) is 5.82 Å². The van der Waals surface area contributed by atoms with Gasteiger partial charge < -0.3 is 5.32 Å². The Morgan fingerprint density at radius 1 is 1.41 bits per heavy atom. The van der Waals surface area contributed by atoms with Crippen LogP contribution in [0, 0.1) is 11.2 Å². The van der Waals surface area contributed by atoms with Gasteiger partial charge in [-0.25, -0.2) is 4.39 Å². The number of anilines is 1. The van der Waals surface area contributed by atoms with Crippen LogP contribution in [0.2, 0.25) is 5.02 Å². The van der Waals surface area contributed by atoms with Crippen LogP contribution >= 0.6 is 11.6 Å². The lowest BCUT2D eigenvalue weighted by molar-refractivity contribution is -0.121. The minimum Gasteiger partial charge on any atom is -0.361 e. The maximum Gasteiger partial charge on any atom is 0.162 e. The molecule has 0 aliphatic rings. The summed E-state index contributed by atoms with van der Waals surface area (Å²) in [5, 5.41) is 2.89. The minimum absolute atomic E-state index is 0.000523. The van der Waals surface area contributed by atoms with Gasteiger partial charge in [-0.05, 0) is 24.3 Å². The van der Waals surface area contributed by atoms with Crippen LogP contribution in [-0.2, 0) is 4.79 Å². The zero-order valence-electron chi connectivity index (χ0n) is 10.1. The van der Waals surface area contributed by atoms with Crippen molar-refractivity contribution < 1.29 is 9.18 Å². The van der Waals surface area contributed by atoms with Gasteiger partial charge in [0.05, 0.1) is 5.02 Å². The molecule has 0 aliphatic carbocycles. The Balaban J connectivity index is 2.65. The van der Waals surface area contributed by atoms with Crippen molar-refractivity contribution in [1.82, 2.24) is 0 Å². The zero-order valence-corrected chi connectivity index (χ0v) is 10.8. The summed E-state index contributed by atoms with van der Waals surface area (Å²) in [6.45, 7) is 5.50. The van der Waals surface area contributed by atoms with E-state index in [-0.39, 0.29) is 10.8 Å². The monoisotopic (exact) mass is 255 g/mol. The van der Waals surface area contributed by atoms with E-state index in [9.17, 15) is 9.18 Å². The van der Waals surface area contributed by atoms with E-state index in [4.69, 9.17) is 11.6 Å². The lowest BCUT2D eigenvalue weighted by atomic mass is 9.91. The molecule has 17 heavy (non-hydrogen) atoms. The van der Waals surface area contributed by atoms with Crippen LogP contribution in [0.25, 0.3) is 0 Å². The molecule has 1 N–H and O–H groups in total. The highest BCUT2D eigenvalue weighted by Gasteiger charge is 2.17. The molecule has 1 rings (SSSR count). The van der Waals surface area contributed by atoms with Crippen molar-refractivity contribution in [3.63, 3.8) is 0 Å². The first-order valence-electron chi connectivity index (χ1n) is 5.23. The van der Waals surface area contributed by atoms with Gasteiger partial charge in [-0.3, -0.25) is 4.79 Å². The van der Waals surface area contributed by atoms with Gasteiger partial charge >= 0.3 is 0 Å². The Bertz CT molecular complexity index is 449. The fraction of sp³-hybridized carbons (Fsp3) is 0.308. The van der Waals surface area contributed by atoms with Gasteiger partial charge in [0.25, 0.3) is 0 Å². The smallest absolute Gasteiger partial charge is 0.162 e. The lowest BCUT2D eigenvalue weighted by Crippen LogP contribution is -2.17.